The molecule has 0 amide bonds. The van der Waals surface area contributed by atoms with Crippen molar-refractivity contribution in [2.45, 2.75) is 26.3 Å². The number of rotatable bonds is 2. The van der Waals surface area contributed by atoms with Gasteiger partial charge in [-0.25, -0.2) is 0 Å². The first-order chi connectivity index (χ1) is 9.65. The third kappa shape index (κ3) is 3.11. The van der Waals surface area contributed by atoms with Crippen molar-refractivity contribution >= 4 is 12.2 Å². The van der Waals surface area contributed by atoms with Crippen LogP contribution in [0.25, 0.3) is 12.2 Å². The molecule has 0 spiro atoms. The molecule has 1 heterocycles. The fraction of sp³-hybridized carbons (Fsp3) is 0.263. The number of hydrogen-bond donors (Lipinski definition) is 1. The summed E-state index contributed by atoms with van der Waals surface area (Å²) in [6.45, 7) is 12.4. The van der Waals surface area contributed by atoms with Crippen molar-refractivity contribution in [3.05, 3.63) is 71.3 Å². The van der Waals surface area contributed by atoms with Crippen LogP contribution in [-0.4, -0.2) is 6.04 Å². The number of benzene rings is 1. The highest BCUT2D eigenvalue weighted by Crippen LogP contribution is 2.20. The first kappa shape index (κ1) is 14.4. The molecular formula is C19H23N. The van der Waals surface area contributed by atoms with Crippen LogP contribution in [0.15, 0.2) is 60.8 Å². The summed E-state index contributed by atoms with van der Waals surface area (Å²) in [5, 5.41) is 6.00. The second-order valence-electron chi connectivity index (χ2n) is 5.26. The van der Waals surface area contributed by atoms with E-state index in [4.69, 9.17) is 0 Å². The van der Waals surface area contributed by atoms with Crippen molar-refractivity contribution in [2.75, 3.05) is 0 Å². The van der Waals surface area contributed by atoms with Crippen LogP contribution in [-0.2, 0) is 0 Å². The fourth-order valence-electron chi connectivity index (χ4n) is 2.76. The Morgan fingerprint density at radius 1 is 1.25 bits per heavy atom. The van der Waals surface area contributed by atoms with Crippen LogP contribution in [0.2, 0.25) is 0 Å². The van der Waals surface area contributed by atoms with Crippen LogP contribution in [0, 0.1) is 5.92 Å². The van der Waals surface area contributed by atoms with E-state index >= 15 is 0 Å². The topological polar surface area (TPSA) is 12.0 Å². The first-order valence-corrected chi connectivity index (χ1v) is 7.22. The summed E-state index contributed by atoms with van der Waals surface area (Å²) < 4.78 is 0. The summed E-state index contributed by atoms with van der Waals surface area (Å²) in [5.41, 5.74) is 2.32. The zero-order valence-corrected chi connectivity index (χ0v) is 12.4. The maximum Gasteiger partial charge on any atom is 0.0479 e. The van der Waals surface area contributed by atoms with Gasteiger partial charge in [-0.05, 0) is 34.4 Å². The summed E-state index contributed by atoms with van der Waals surface area (Å²) in [6.07, 6.45) is 9.48. The van der Waals surface area contributed by atoms with E-state index in [1.165, 1.54) is 16.0 Å². The van der Waals surface area contributed by atoms with Gasteiger partial charge in [-0.2, -0.15) is 0 Å². The Bertz CT molecular complexity index is 649. The van der Waals surface area contributed by atoms with Gasteiger partial charge >= 0.3 is 0 Å². The fourth-order valence-corrected chi connectivity index (χ4v) is 2.76. The molecule has 0 aromatic heterocycles. The van der Waals surface area contributed by atoms with Crippen LogP contribution in [0.5, 0.6) is 0 Å². The van der Waals surface area contributed by atoms with E-state index in [1.54, 1.807) is 0 Å². The molecule has 1 N–H and O–H groups in total. The van der Waals surface area contributed by atoms with Crippen molar-refractivity contribution in [3.63, 3.8) is 0 Å². The normalized spacial score (nSPS) is 27.7. The van der Waals surface area contributed by atoms with E-state index in [-0.39, 0.29) is 0 Å². The Kier molecular flexibility index (Phi) is 4.62. The average Bonchev–Trinajstić information content (AvgIpc) is 2.48. The van der Waals surface area contributed by atoms with E-state index in [0.717, 1.165) is 12.1 Å². The highest BCUT2D eigenvalue weighted by Gasteiger charge is 2.17. The van der Waals surface area contributed by atoms with Gasteiger partial charge in [0.25, 0.3) is 0 Å². The Morgan fingerprint density at radius 2 is 1.95 bits per heavy atom. The molecule has 1 aromatic rings. The van der Waals surface area contributed by atoms with Crippen molar-refractivity contribution < 1.29 is 0 Å². The summed E-state index contributed by atoms with van der Waals surface area (Å²) in [7, 11) is 0. The van der Waals surface area contributed by atoms with Gasteiger partial charge in [-0.3, -0.25) is 0 Å². The Morgan fingerprint density at radius 3 is 2.60 bits per heavy atom. The van der Waals surface area contributed by atoms with Crippen molar-refractivity contribution in [1.29, 1.82) is 0 Å². The molecule has 1 aliphatic heterocycles. The minimum atomic E-state index is 0.303. The molecule has 0 saturated carbocycles. The lowest BCUT2D eigenvalue weighted by atomic mass is 9.91. The minimum absolute atomic E-state index is 0.303. The summed E-state index contributed by atoms with van der Waals surface area (Å²) >= 11 is 0. The predicted octanol–water partition coefficient (Wildman–Crippen LogP) is 2.89. The number of allylic oxidation sites excluding steroid dienone is 3. The molecule has 0 bridgehead atoms. The molecule has 1 aliphatic rings. The molecule has 2 unspecified atom stereocenters. The zero-order chi connectivity index (χ0) is 14.5. The van der Waals surface area contributed by atoms with Crippen LogP contribution >= 0.6 is 0 Å². The molecule has 20 heavy (non-hydrogen) atoms. The minimum Gasteiger partial charge on any atom is -0.379 e. The molecule has 2 rings (SSSR count). The van der Waals surface area contributed by atoms with Gasteiger partial charge in [0, 0.05) is 11.7 Å². The third-order valence-corrected chi connectivity index (χ3v) is 3.76. The van der Waals surface area contributed by atoms with Crippen molar-refractivity contribution in [2.24, 2.45) is 5.92 Å². The summed E-state index contributed by atoms with van der Waals surface area (Å²) in [5.74, 6) is 0.367. The lowest BCUT2D eigenvalue weighted by Gasteiger charge is -2.24. The lowest BCUT2D eigenvalue weighted by molar-refractivity contribution is 0.593. The second-order valence-corrected chi connectivity index (χ2v) is 5.26. The van der Waals surface area contributed by atoms with E-state index in [1.807, 2.05) is 6.08 Å². The van der Waals surface area contributed by atoms with Crippen LogP contribution in [0.4, 0.5) is 0 Å². The quantitative estimate of drug-likeness (QED) is 0.867. The number of fused-ring (bicyclic) bond motifs is 1. The van der Waals surface area contributed by atoms with Gasteiger partial charge in [0.1, 0.15) is 0 Å². The Hall–Kier alpha value is -2.02. The van der Waals surface area contributed by atoms with Gasteiger partial charge in [-0.1, -0.05) is 69.5 Å². The smallest absolute Gasteiger partial charge is 0.0479 e. The standard InChI is InChI=1S/C19H23N/c1-5-9-18-14(3)12-16-10-7-8-11-17(16)13-15(4)20-19(18)6-2/h5,7-14,19-20H,1,4,6H2,2-3H3/b16-12-,17-13-,18-9-. The predicted molar refractivity (Wildman–Crippen MR) is 88.4 cm³/mol. The lowest BCUT2D eigenvalue weighted by Crippen LogP contribution is -2.30. The van der Waals surface area contributed by atoms with Crippen LogP contribution in [0.3, 0.4) is 0 Å². The SMILES string of the molecule is C=C/C=C1/C(C)/C=c2/cccc/c2=C/C(=C)NC1CC. The Labute approximate surface area is 121 Å². The molecular weight excluding hydrogens is 242 g/mol. The van der Waals surface area contributed by atoms with E-state index in [2.05, 4.69) is 74.8 Å². The summed E-state index contributed by atoms with van der Waals surface area (Å²) in [4.78, 5) is 0. The Balaban J connectivity index is 2.65. The van der Waals surface area contributed by atoms with Crippen molar-refractivity contribution in [3.8, 4) is 0 Å². The van der Waals surface area contributed by atoms with E-state index < -0.39 is 0 Å². The largest absolute Gasteiger partial charge is 0.379 e. The van der Waals surface area contributed by atoms with Crippen LogP contribution in [0.1, 0.15) is 20.3 Å². The van der Waals surface area contributed by atoms with Crippen molar-refractivity contribution in [1.82, 2.24) is 5.32 Å². The molecule has 1 aromatic carbocycles. The first-order valence-electron chi connectivity index (χ1n) is 7.22. The van der Waals surface area contributed by atoms with Gasteiger partial charge in [0.05, 0.1) is 0 Å². The third-order valence-electron chi connectivity index (χ3n) is 3.76. The maximum absolute atomic E-state index is 4.14. The highest BCUT2D eigenvalue weighted by molar-refractivity contribution is 5.49. The summed E-state index contributed by atoms with van der Waals surface area (Å²) in [6, 6.07) is 8.74. The van der Waals surface area contributed by atoms with Gasteiger partial charge in [-0.15, -0.1) is 0 Å². The number of nitrogens with one attached hydrogen (secondary N) is 1. The molecule has 2 atom stereocenters. The van der Waals surface area contributed by atoms with Gasteiger partial charge in [0.15, 0.2) is 0 Å². The van der Waals surface area contributed by atoms with Crippen LogP contribution < -0.4 is 15.8 Å². The molecule has 0 fully saturated rings. The molecule has 0 saturated heterocycles. The monoisotopic (exact) mass is 265 g/mol. The second kappa shape index (κ2) is 6.42. The molecule has 104 valence electrons. The van der Waals surface area contributed by atoms with Gasteiger partial charge < -0.3 is 5.32 Å². The maximum atomic E-state index is 4.14. The molecule has 0 radical (unpaired) electrons. The molecule has 0 aliphatic carbocycles. The average molecular weight is 265 g/mol. The van der Waals surface area contributed by atoms with E-state index in [0.29, 0.717) is 12.0 Å². The molecule has 1 heteroatoms. The number of hydrogen-bond acceptors (Lipinski definition) is 1. The molecule has 1 nitrogen and oxygen atoms in total. The zero-order valence-electron chi connectivity index (χ0n) is 12.4. The van der Waals surface area contributed by atoms with Gasteiger partial charge in [0.2, 0.25) is 0 Å². The van der Waals surface area contributed by atoms with E-state index in [9.17, 15) is 0 Å². The highest BCUT2D eigenvalue weighted by atomic mass is 14.9.